The molecule has 0 saturated heterocycles. The Balaban J connectivity index is 1.62. The average molecular weight is 445 g/mol. The van der Waals surface area contributed by atoms with Gasteiger partial charge >= 0.3 is 0 Å². The quantitative estimate of drug-likeness (QED) is 0.684. The molecule has 1 atom stereocenters. The third kappa shape index (κ3) is 4.29. The average Bonchev–Trinajstić information content (AvgIpc) is 3.03. The zero-order valence-electron chi connectivity index (χ0n) is 15.5. The van der Waals surface area contributed by atoms with E-state index in [4.69, 9.17) is 14.7 Å². The third-order valence-electron chi connectivity index (χ3n) is 4.69. The van der Waals surface area contributed by atoms with E-state index in [0.29, 0.717) is 34.6 Å². The van der Waals surface area contributed by atoms with Crippen molar-refractivity contribution in [3.05, 3.63) is 57.6 Å². The molecule has 2 N–H and O–H groups in total. The highest BCUT2D eigenvalue weighted by molar-refractivity contribution is 9.10. The van der Waals surface area contributed by atoms with Gasteiger partial charge in [-0.05, 0) is 52.9 Å². The number of aryl methyl sites for hydroxylation is 1. The first-order valence-corrected chi connectivity index (χ1v) is 9.83. The first-order valence-electron chi connectivity index (χ1n) is 9.03. The molecule has 1 unspecified atom stereocenters. The van der Waals surface area contributed by atoms with E-state index in [1.54, 1.807) is 12.1 Å². The Morgan fingerprint density at radius 2 is 2.14 bits per heavy atom. The summed E-state index contributed by atoms with van der Waals surface area (Å²) in [6.45, 7) is 2.11. The van der Waals surface area contributed by atoms with E-state index in [2.05, 4.69) is 21.2 Å². The van der Waals surface area contributed by atoms with Gasteiger partial charge in [0.1, 0.15) is 5.60 Å². The van der Waals surface area contributed by atoms with E-state index in [-0.39, 0.29) is 19.1 Å². The van der Waals surface area contributed by atoms with Crippen LogP contribution in [0.5, 0.6) is 11.5 Å². The Morgan fingerprint density at radius 3 is 2.89 bits per heavy atom. The molecule has 0 radical (unpaired) electrons. The summed E-state index contributed by atoms with van der Waals surface area (Å²) in [5.41, 5.74) is 1.34. The fourth-order valence-electron chi connectivity index (χ4n) is 3.32. The summed E-state index contributed by atoms with van der Waals surface area (Å²) in [6, 6.07) is 12.9. The summed E-state index contributed by atoms with van der Waals surface area (Å²) in [6.07, 6.45) is 1.36. The van der Waals surface area contributed by atoms with Gasteiger partial charge in [-0.15, -0.1) is 0 Å². The van der Waals surface area contributed by atoms with Gasteiger partial charge in [-0.25, -0.2) is 0 Å². The summed E-state index contributed by atoms with van der Waals surface area (Å²) in [5, 5.41) is 22.7. The number of halogens is 1. The van der Waals surface area contributed by atoms with E-state index in [1.807, 2.05) is 37.3 Å². The number of aliphatic hydroxyl groups is 1. The molecule has 0 aliphatic heterocycles. The van der Waals surface area contributed by atoms with Crippen LogP contribution in [0.4, 0.5) is 0 Å². The van der Waals surface area contributed by atoms with Gasteiger partial charge in [0.15, 0.2) is 18.1 Å². The molecule has 2 aromatic carbocycles. The second kappa shape index (κ2) is 8.63. The first kappa shape index (κ1) is 20.2. The van der Waals surface area contributed by atoms with Gasteiger partial charge in [-0.2, -0.15) is 5.26 Å². The predicted octanol–water partition coefficient (Wildman–Crippen LogP) is 3.05. The van der Waals surface area contributed by atoms with Crippen molar-refractivity contribution >= 4 is 21.8 Å². The molecule has 1 aliphatic rings. The summed E-state index contributed by atoms with van der Waals surface area (Å²) in [4.78, 5) is 12.3. The number of rotatable bonds is 7. The predicted molar refractivity (Wildman–Crippen MR) is 107 cm³/mol. The van der Waals surface area contributed by atoms with Gasteiger partial charge in [-0.1, -0.05) is 24.3 Å². The lowest BCUT2D eigenvalue weighted by Gasteiger charge is -2.24. The van der Waals surface area contributed by atoms with E-state index < -0.39 is 5.60 Å². The van der Waals surface area contributed by atoms with Crippen molar-refractivity contribution in [1.29, 1.82) is 5.26 Å². The second-order valence-corrected chi connectivity index (χ2v) is 7.44. The maximum Gasteiger partial charge on any atom is 0.258 e. The van der Waals surface area contributed by atoms with E-state index in [0.717, 1.165) is 17.5 Å². The zero-order chi connectivity index (χ0) is 20.1. The number of nitriles is 1. The Hall–Kier alpha value is -2.56. The van der Waals surface area contributed by atoms with Crippen LogP contribution in [-0.2, 0) is 16.8 Å². The van der Waals surface area contributed by atoms with Crippen LogP contribution in [0.25, 0.3) is 0 Å². The van der Waals surface area contributed by atoms with Crippen molar-refractivity contribution < 1.29 is 19.4 Å². The largest absolute Gasteiger partial charge is 0.490 e. The number of hydrogen-bond acceptors (Lipinski definition) is 5. The highest BCUT2D eigenvalue weighted by atomic mass is 79.9. The number of fused-ring (bicyclic) bond motifs is 1. The van der Waals surface area contributed by atoms with Gasteiger partial charge in [0, 0.05) is 6.07 Å². The molecule has 0 bridgehead atoms. The molecule has 1 aliphatic carbocycles. The molecule has 0 fully saturated rings. The maximum atomic E-state index is 12.3. The van der Waals surface area contributed by atoms with Crippen LogP contribution in [0.1, 0.15) is 30.0 Å². The molecule has 28 heavy (non-hydrogen) atoms. The lowest BCUT2D eigenvalue weighted by Crippen LogP contribution is -2.41. The zero-order valence-corrected chi connectivity index (χ0v) is 17.1. The number of nitrogens with zero attached hydrogens (tertiary/aromatic N) is 1. The van der Waals surface area contributed by atoms with Crippen LogP contribution in [0, 0.1) is 11.3 Å². The minimum Gasteiger partial charge on any atom is -0.490 e. The van der Waals surface area contributed by atoms with Crippen molar-refractivity contribution in [2.24, 2.45) is 0 Å². The number of nitrogens with one attached hydrogen (secondary N) is 1. The van der Waals surface area contributed by atoms with E-state index in [1.165, 1.54) is 0 Å². The van der Waals surface area contributed by atoms with Crippen LogP contribution in [0.3, 0.4) is 0 Å². The monoisotopic (exact) mass is 444 g/mol. The number of carbonyl (C=O) groups excluding carboxylic acids is 1. The van der Waals surface area contributed by atoms with Gasteiger partial charge in [-0.3, -0.25) is 4.79 Å². The number of hydrogen-bond donors (Lipinski definition) is 2. The topological polar surface area (TPSA) is 91.6 Å². The Bertz CT molecular complexity index is 925. The lowest BCUT2D eigenvalue weighted by atomic mass is 9.96. The van der Waals surface area contributed by atoms with Crippen LogP contribution >= 0.6 is 15.9 Å². The smallest absolute Gasteiger partial charge is 0.258 e. The molecule has 1 amide bonds. The second-order valence-electron chi connectivity index (χ2n) is 6.58. The molecular weight excluding hydrogens is 424 g/mol. The number of amides is 1. The van der Waals surface area contributed by atoms with Crippen molar-refractivity contribution in [1.82, 2.24) is 5.32 Å². The number of ether oxygens (including phenoxy) is 2. The Kier molecular flexibility index (Phi) is 6.22. The van der Waals surface area contributed by atoms with Crippen LogP contribution in [0.15, 0.2) is 40.9 Å². The van der Waals surface area contributed by atoms with Crippen molar-refractivity contribution in [3.8, 4) is 17.6 Å². The molecule has 2 aromatic rings. The van der Waals surface area contributed by atoms with Gasteiger partial charge < -0.3 is 19.9 Å². The molecule has 0 spiro atoms. The number of benzene rings is 2. The van der Waals surface area contributed by atoms with Crippen molar-refractivity contribution in [2.45, 2.75) is 25.4 Å². The first-order chi connectivity index (χ1) is 13.5. The molecule has 0 aromatic heterocycles. The van der Waals surface area contributed by atoms with Crippen LogP contribution in [0.2, 0.25) is 0 Å². The van der Waals surface area contributed by atoms with Gasteiger partial charge in [0.05, 0.1) is 29.3 Å². The maximum absolute atomic E-state index is 12.3. The standard InChI is InChI=1S/C21H21BrN2O4/c1-2-27-18-10-14(11-23)9-17(22)20(18)28-12-19(25)24-13-21(26)8-7-15-5-3-4-6-16(15)21/h3-6,9-10,26H,2,7-8,12-13H2,1H3,(H,24,25). The molecule has 0 heterocycles. The van der Waals surface area contributed by atoms with Gasteiger partial charge in [0.2, 0.25) is 0 Å². The number of carbonyl (C=O) groups is 1. The van der Waals surface area contributed by atoms with Crippen LogP contribution in [-0.4, -0.2) is 30.8 Å². The van der Waals surface area contributed by atoms with Crippen LogP contribution < -0.4 is 14.8 Å². The summed E-state index contributed by atoms with van der Waals surface area (Å²) >= 11 is 3.35. The molecular formula is C21H21BrN2O4. The highest BCUT2D eigenvalue weighted by Crippen LogP contribution is 2.37. The molecule has 3 rings (SSSR count). The lowest BCUT2D eigenvalue weighted by molar-refractivity contribution is -0.124. The highest BCUT2D eigenvalue weighted by Gasteiger charge is 2.36. The molecule has 0 saturated carbocycles. The van der Waals surface area contributed by atoms with E-state index >= 15 is 0 Å². The minimum atomic E-state index is -1.06. The summed E-state index contributed by atoms with van der Waals surface area (Å²) in [7, 11) is 0. The van der Waals surface area contributed by atoms with Crippen molar-refractivity contribution in [3.63, 3.8) is 0 Å². The Labute approximate surface area is 172 Å². The minimum absolute atomic E-state index is 0.124. The fourth-order valence-corrected chi connectivity index (χ4v) is 3.88. The fraction of sp³-hybridized carbons (Fsp3) is 0.333. The van der Waals surface area contributed by atoms with Gasteiger partial charge in [0.25, 0.3) is 5.91 Å². The third-order valence-corrected chi connectivity index (χ3v) is 5.28. The van der Waals surface area contributed by atoms with E-state index in [9.17, 15) is 9.90 Å². The molecule has 146 valence electrons. The Morgan fingerprint density at radius 1 is 1.36 bits per heavy atom. The normalized spacial score (nSPS) is 17.5. The SMILES string of the molecule is CCOc1cc(C#N)cc(Br)c1OCC(=O)NCC1(O)CCc2ccccc21. The summed E-state index contributed by atoms with van der Waals surface area (Å²) < 4.78 is 11.7. The van der Waals surface area contributed by atoms with Crippen molar-refractivity contribution in [2.75, 3.05) is 19.8 Å². The summed E-state index contributed by atoms with van der Waals surface area (Å²) in [5.74, 6) is 0.405. The molecule has 7 heteroatoms. The molecule has 6 nitrogen and oxygen atoms in total.